The molecule has 0 aliphatic carbocycles. The van der Waals surface area contributed by atoms with E-state index in [1.165, 1.54) is 31.4 Å². The highest BCUT2D eigenvalue weighted by molar-refractivity contribution is 5.99. The zero-order chi connectivity index (χ0) is 20.5. The van der Waals surface area contributed by atoms with Crippen molar-refractivity contribution in [3.05, 3.63) is 58.1 Å². The van der Waals surface area contributed by atoms with E-state index in [-0.39, 0.29) is 35.8 Å². The van der Waals surface area contributed by atoms with Gasteiger partial charge in [0, 0.05) is 18.3 Å². The quantitative estimate of drug-likeness (QED) is 0.335. The van der Waals surface area contributed by atoms with Crippen LogP contribution in [0.2, 0.25) is 0 Å². The molecule has 3 N–H and O–H groups in total. The van der Waals surface area contributed by atoms with E-state index in [4.69, 9.17) is 14.6 Å². The first-order valence-electron chi connectivity index (χ1n) is 8.19. The third kappa shape index (κ3) is 5.42. The Morgan fingerprint density at radius 2 is 1.93 bits per heavy atom. The number of para-hydroxylation sites is 1. The molecule has 0 atom stereocenters. The van der Waals surface area contributed by atoms with Crippen molar-refractivity contribution < 1.29 is 29.1 Å². The molecule has 2 aromatic rings. The van der Waals surface area contributed by atoms with Crippen LogP contribution in [-0.2, 0) is 9.53 Å². The maximum Gasteiger partial charge on any atom is 0.340 e. The van der Waals surface area contributed by atoms with Crippen molar-refractivity contribution in [3.8, 4) is 5.75 Å². The number of esters is 1. The lowest BCUT2D eigenvalue weighted by atomic mass is 10.2. The minimum atomic E-state index is -0.716. The summed E-state index contributed by atoms with van der Waals surface area (Å²) in [6.07, 6.45) is 0. The largest absolute Gasteiger partial charge is 0.494 e. The van der Waals surface area contributed by atoms with E-state index in [1.807, 2.05) is 0 Å². The Morgan fingerprint density at radius 1 is 1.18 bits per heavy atom. The molecule has 0 saturated heterocycles. The number of hydrogen-bond acceptors (Lipinski definition) is 8. The van der Waals surface area contributed by atoms with Crippen LogP contribution >= 0.6 is 0 Å². The average Bonchev–Trinajstić information content (AvgIpc) is 2.70. The minimum absolute atomic E-state index is 0.104. The first kappa shape index (κ1) is 20.6. The zero-order valence-electron chi connectivity index (χ0n) is 15.0. The summed E-state index contributed by atoms with van der Waals surface area (Å²) < 4.78 is 10.0. The van der Waals surface area contributed by atoms with Gasteiger partial charge in [0.25, 0.3) is 11.6 Å². The van der Waals surface area contributed by atoms with Gasteiger partial charge in [-0.1, -0.05) is 12.1 Å². The maximum atomic E-state index is 12.2. The number of nitrogens with one attached hydrogen (secondary N) is 2. The van der Waals surface area contributed by atoms with Crippen LogP contribution in [0, 0.1) is 10.1 Å². The summed E-state index contributed by atoms with van der Waals surface area (Å²) >= 11 is 0. The van der Waals surface area contributed by atoms with Crippen molar-refractivity contribution in [3.63, 3.8) is 0 Å². The second-order valence-corrected chi connectivity index (χ2v) is 5.46. The molecule has 0 unspecified atom stereocenters. The number of nitro groups is 1. The minimum Gasteiger partial charge on any atom is -0.494 e. The fraction of sp³-hybridized carbons (Fsp3) is 0.222. The summed E-state index contributed by atoms with van der Waals surface area (Å²) in [6, 6.07) is 10.2. The zero-order valence-corrected chi connectivity index (χ0v) is 15.0. The van der Waals surface area contributed by atoms with Gasteiger partial charge >= 0.3 is 5.97 Å². The van der Waals surface area contributed by atoms with Crippen LogP contribution in [0.4, 0.5) is 17.1 Å². The van der Waals surface area contributed by atoms with Crippen LogP contribution in [0.15, 0.2) is 42.5 Å². The molecule has 0 aliphatic heterocycles. The highest BCUT2D eigenvalue weighted by Crippen LogP contribution is 2.28. The number of nitrogens with zero attached hydrogens (tertiary/aromatic N) is 1. The standard InChI is InChI=1S/C18H19N3O7/c1-27-16-10-12(21(25)26)6-7-15(16)20-17(23)11-28-18(24)13-4-2-3-5-14(13)19-8-9-22/h2-7,10,19,22H,8-9,11H2,1H3,(H,20,23). The predicted octanol–water partition coefficient (Wildman–Crippen LogP) is 1.80. The Kier molecular flexibility index (Phi) is 7.28. The number of methoxy groups -OCH3 is 1. The number of hydrogen-bond donors (Lipinski definition) is 3. The van der Waals surface area contributed by atoms with Crippen LogP contribution in [0.3, 0.4) is 0 Å². The molecular weight excluding hydrogens is 370 g/mol. The van der Waals surface area contributed by atoms with E-state index in [0.29, 0.717) is 5.69 Å². The first-order valence-corrected chi connectivity index (χ1v) is 8.19. The average molecular weight is 389 g/mol. The molecule has 0 fully saturated rings. The Hall–Kier alpha value is -3.66. The van der Waals surface area contributed by atoms with Gasteiger partial charge in [0.2, 0.25) is 0 Å². The second-order valence-electron chi connectivity index (χ2n) is 5.46. The molecular formula is C18H19N3O7. The molecule has 2 rings (SSSR count). The number of non-ortho nitro benzene ring substituents is 1. The van der Waals surface area contributed by atoms with Crippen LogP contribution in [0.25, 0.3) is 0 Å². The smallest absolute Gasteiger partial charge is 0.340 e. The Morgan fingerprint density at radius 3 is 2.61 bits per heavy atom. The van der Waals surface area contributed by atoms with Crippen LogP contribution < -0.4 is 15.4 Å². The second kappa shape index (κ2) is 9.88. The molecule has 0 bridgehead atoms. The van der Waals surface area contributed by atoms with Gasteiger partial charge in [-0.15, -0.1) is 0 Å². The number of aliphatic hydroxyl groups excluding tert-OH is 1. The van der Waals surface area contributed by atoms with E-state index in [2.05, 4.69) is 10.6 Å². The van der Waals surface area contributed by atoms with Gasteiger partial charge < -0.3 is 25.2 Å². The number of ether oxygens (including phenoxy) is 2. The number of carbonyl (C=O) groups excluding carboxylic acids is 2. The van der Waals surface area contributed by atoms with Gasteiger partial charge in [-0.2, -0.15) is 0 Å². The number of benzene rings is 2. The Labute approximate surface area is 160 Å². The van der Waals surface area contributed by atoms with Crippen molar-refractivity contribution in [2.45, 2.75) is 0 Å². The van der Waals surface area contributed by atoms with Gasteiger partial charge in [-0.05, 0) is 18.2 Å². The number of carbonyl (C=O) groups is 2. The summed E-state index contributed by atoms with van der Waals surface area (Å²) in [7, 11) is 1.31. The summed E-state index contributed by atoms with van der Waals surface area (Å²) in [5, 5.41) is 25.0. The number of aliphatic hydroxyl groups is 1. The monoisotopic (exact) mass is 389 g/mol. The number of anilines is 2. The lowest BCUT2D eigenvalue weighted by Gasteiger charge is -2.12. The molecule has 10 heteroatoms. The van der Waals surface area contributed by atoms with Gasteiger partial charge in [-0.25, -0.2) is 4.79 Å². The lowest BCUT2D eigenvalue weighted by Crippen LogP contribution is -2.22. The molecule has 148 valence electrons. The van der Waals surface area contributed by atoms with E-state index >= 15 is 0 Å². The Bertz CT molecular complexity index is 870. The molecule has 0 aliphatic rings. The summed E-state index contributed by atoms with van der Waals surface area (Å²) in [5.74, 6) is -1.25. The molecule has 0 aromatic heterocycles. The third-order valence-corrected chi connectivity index (χ3v) is 3.58. The highest BCUT2D eigenvalue weighted by Gasteiger charge is 2.16. The van der Waals surface area contributed by atoms with Gasteiger partial charge in [0.05, 0.1) is 36.0 Å². The Balaban J connectivity index is 1.99. The van der Waals surface area contributed by atoms with Crippen molar-refractivity contribution in [1.29, 1.82) is 0 Å². The molecule has 0 radical (unpaired) electrons. The number of amides is 1. The van der Waals surface area contributed by atoms with Crippen molar-refractivity contribution in [1.82, 2.24) is 0 Å². The van der Waals surface area contributed by atoms with Gasteiger partial charge in [-0.3, -0.25) is 14.9 Å². The normalized spacial score (nSPS) is 10.1. The van der Waals surface area contributed by atoms with Crippen molar-refractivity contribution in [2.75, 3.05) is 37.5 Å². The van der Waals surface area contributed by atoms with E-state index in [9.17, 15) is 19.7 Å². The van der Waals surface area contributed by atoms with E-state index in [0.717, 1.165) is 0 Å². The molecule has 0 heterocycles. The first-order chi connectivity index (χ1) is 13.5. The number of nitro benzene ring substituents is 1. The fourth-order valence-corrected chi connectivity index (χ4v) is 2.30. The molecule has 1 amide bonds. The summed E-state index contributed by atoms with van der Waals surface area (Å²) in [4.78, 5) is 34.5. The van der Waals surface area contributed by atoms with Gasteiger partial charge in [0.15, 0.2) is 6.61 Å². The molecule has 2 aromatic carbocycles. The number of rotatable bonds is 9. The predicted molar refractivity (Wildman–Crippen MR) is 101 cm³/mol. The van der Waals surface area contributed by atoms with Crippen molar-refractivity contribution in [2.24, 2.45) is 0 Å². The van der Waals surface area contributed by atoms with Crippen LogP contribution in [0.5, 0.6) is 5.75 Å². The molecule has 28 heavy (non-hydrogen) atoms. The van der Waals surface area contributed by atoms with E-state index < -0.39 is 23.4 Å². The maximum absolute atomic E-state index is 12.2. The third-order valence-electron chi connectivity index (χ3n) is 3.58. The SMILES string of the molecule is COc1cc([N+](=O)[O-])ccc1NC(=O)COC(=O)c1ccccc1NCCO. The summed E-state index contributed by atoms with van der Waals surface area (Å²) in [5.41, 5.74) is 0.711. The lowest BCUT2D eigenvalue weighted by molar-refractivity contribution is -0.384. The van der Waals surface area contributed by atoms with Crippen LogP contribution in [-0.4, -0.2) is 48.8 Å². The molecule has 10 nitrogen and oxygen atoms in total. The molecule has 0 spiro atoms. The van der Waals surface area contributed by atoms with Crippen LogP contribution in [0.1, 0.15) is 10.4 Å². The van der Waals surface area contributed by atoms with Gasteiger partial charge in [0.1, 0.15) is 5.75 Å². The molecule has 0 saturated carbocycles. The van der Waals surface area contributed by atoms with E-state index in [1.54, 1.807) is 18.2 Å². The topological polar surface area (TPSA) is 140 Å². The summed E-state index contributed by atoms with van der Waals surface area (Å²) in [6.45, 7) is -0.416. The highest BCUT2D eigenvalue weighted by atomic mass is 16.6. The van der Waals surface area contributed by atoms with Crippen molar-refractivity contribution >= 4 is 28.9 Å². The fourth-order valence-electron chi connectivity index (χ4n) is 2.30.